The number of carbonyl (C=O) groups is 1. The average molecular weight is 540 g/mol. The van der Waals surface area contributed by atoms with Crippen molar-refractivity contribution in [3.05, 3.63) is 46.9 Å². The fourth-order valence-corrected chi connectivity index (χ4v) is 21.7. The van der Waals surface area contributed by atoms with Crippen LogP contribution in [-0.4, -0.2) is 34.2 Å². The van der Waals surface area contributed by atoms with E-state index in [-0.39, 0.29) is 0 Å². The number of hydrogen-bond acceptors (Lipinski definition) is 3. The molecule has 6 heteroatoms. The van der Waals surface area contributed by atoms with Crippen molar-refractivity contribution < 1.29 is 9.53 Å². The quantitative estimate of drug-likeness (QED) is 0.190. The van der Waals surface area contributed by atoms with Crippen LogP contribution < -0.4 is 3.71 Å². The zero-order valence-corrected chi connectivity index (χ0v) is 22.4. The molecule has 0 amide bonds. The van der Waals surface area contributed by atoms with Crippen LogP contribution in [0.4, 0.5) is 0 Å². The first-order chi connectivity index (χ1) is 14.6. The van der Waals surface area contributed by atoms with Gasteiger partial charge < -0.3 is 0 Å². The fraction of sp³-hybridized carbons (Fsp3) is 0.583. The van der Waals surface area contributed by atoms with Crippen LogP contribution in [0, 0.1) is 0 Å². The molecule has 0 unspecified atom stereocenters. The van der Waals surface area contributed by atoms with Crippen molar-refractivity contribution in [2.45, 2.75) is 85.9 Å². The van der Waals surface area contributed by atoms with Crippen LogP contribution >= 0.6 is 11.6 Å². The van der Waals surface area contributed by atoms with E-state index in [4.69, 9.17) is 16.3 Å². The predicted octanol–water partition coefficient (Wildman–Crippen LogP) is 6.58. The van der Waals surface area contributed by atoms with E-state index in [9.17, 15) is 4.79 Å². The molecule has 0 aliphatic heterocycles. The SMILES string of the molecule is CCC[CH2][Sn]([CH2]CCC)([CH2]CCC)[c]1c(C=O)nc(Cl)n1COCc1ccccc1. The van der Waals surface area contributed by atoms with Gasteiger partial charge in [0.25, 0.3) is 0 Å². The zero-order chi connectivity index (χ0) is 21.8. The monoisotopic (exact) mass is 540 g/mol. The number of halogens is 1. The summed E-state index contributed by atoms with van der Waals surface area (Å²) in [5, 5.41) is 0.394. The van der Waals surface area contributed by atoms with Gasteiger partial charge in [0.2, 0.25) is 0 Å². The fourth-order valence-electron chi connectivity index (χ4n) is 4.31. The molecule has 1 aromatic heterocycles. The third kappa shape index (κ3) is 6.83. The first kappa shape index (κ1) is 25.4. The molecule has 0 aliphatic rings. The van der Waals surface area contributed by atoms with Gasteiger partial charge in [0, 0.05) is 0 Å². The summed E-state index contributed by atoms with van der Waals surface area (Å²) in [6.45, 7) is 7.64. The van der Waals surface area contributed by atoms with E-state index in [1.165, 1.54) is 55.5 Å². The summed E-state index contributed by atoms with van der Waals surface area (Å²) in [5.41, 5.74) is 1.70. The summed E-state index contributed by atoms with van der Waals surface area (Å²) in [4.78, 5) is 16.5. The first-order valence-corrected chi connectivity index (χ1v) is 19.3. The molecule has 0 saturated heterocycles. The summed E-state index contributed by atoms with van der Waals surface area (Å²) in [5.74, 6) is 0. The molecule has 0 bridgehead atoms. The van der Waals surface area contributed by atoms with Crippen LogP contribution in [0.15, 0.2) is 30.3 Å². The van der Waals surface area contributed by atoms with Gasteiger partial charge in [0.15, 0.2) is 0 Å². The van der Waals surface area contributed by atoms with Crippen LogP contribution in [-0.2, 0) is 18.1 Å². The van der Waals surface area contributed by atoms with Gasteiger partial charge in [0.05, 0.1) is 0 Å². The summed E-state index contributed by atoms with van der Waals surface area (Å²) in [6, 6.07) is 10.1. The molecular weight excluding hydrogens is 502 g/mol. The van der Waals surface area contributed by atoms with E-state index in [2.05, 4.69) is 37.9 Å². The summed E-state index contributed by atoms with van der Waals surface area (Å²) < 4.78 is 13.0. The Morgan fingerprint density at radius 1 is 1.00 bits per heavy atom. The van der Waals surface area contributed by atoms with Crippen molar-refractivity contribution in [3.63, 3.8) is 0 Å². The zero-order valence-electron chi connectivity index (χ0n) is 18.8. The summed E-state index contributed by atoms with van der Waals surface area (Å²) in [6.07, 6.45) is 8.12. The Bertz CT molecular complexity index is 742. The van der Waals surface area contributed by atoms with Crippen LogP contribution in [0.25, 0.3) is 0 Å². The number of nitrogens with zero attached hydrogens (tertiary/aromatic N) is 2. The van der Waals surface area contributed by atoms with Crippen LogP contribution in [0.2, 0.25) is 18.6 Å². The Morgan fingerprint density at radius 2 is 1.57 bits per heavy atom. The Hall–Kier alpha value is -0.851. The van der Waals surface area contributed by atoms with Gasteiger partial charge in [0.1, 0.15) is 0 Å². The number of aldehydes is 1. The second kappa shape index (κ2) is 13.5. The van der Waals surface area contributed by atoms with Gasteiger partial charge >= 0.3 is 192 Å². The van der Waals surface area contributed by atoms with Gasteiger partial charge in [-0.25, -0.2) is 0 Å². The van der Waals surface area contributed by atoms with Gasteiger partial charge in [-0.2, -0.15) is 0 Å². The number of hydrogen-bond donors (Lipinski definition) is 0. The minimum absolute atomic E-state index is 0.354. The molecule has 1 heterocycles. The average Bonchev–Trinajstić information content (AvgIpc) is 3.10. The Kier molecular flexibility index (Phi) is 11.5. The molecule has 30 heavy (non-hydrogen) atoms. The van der Waals surface area contributed by atoms with Crippen LogP contribution in [0.3, 0.4) is 0 Å². The van der Waals surface area contributed by atoms with Crippen LogP contribution in [0.5, 0.6) is 0 Å². The minimum atomic E-state index is -2.90. The molecule has 2 aromatic rings. The van der Waals surface area contributed by atoms with Crippen molar-refractivity contribution in [1.82, 2.24) is 9.55 Å². The van der Waals surface area contributed by atoms with Gasteiger partial charge in [-0.15, -0.1) is 0 Å². The van der Waals surface area contributed by atoms with E-state index >= 15 is 0 Å². The number of ether oxygens (including phenoxy) is 1. The maximum absolute atomic E-state index is 12.0. The van der Waals surface area contributed by atoms with Crippen molar-refractivity contribution >= 4 is 40.0 Å². The van der Waals surface area contributed by atoms with Gasteiger partial charge in [-0.3, -0.25) is 0 Å². The standard InChI is InChI=1S/C12H10ClN2O2.3C4H9.Sn/c13-12-14-11(7-16)6-15(12)9-17-8-10-4-2-1-3-5-10;3*1-3-4-2;/h1-5,7H,8-9H2;3*1,3-4H2,2H3;. The number of imidazole rings is 1. The van der Waals surface area contributed by atoms with E-state index in [1.54, 1.807) is 0 Å². The van der Waals surface area contributed by atoms with E-state index in [0.29, 0.717) is 24.3 Å². The molecule has 166 valence electrons. The third-order valence-corrected chi connectivity index (χ3v) is 21.8. The molecule has 2 rings (SSSR count). The molecule has 1 aromatic carbocycles. The van der Waals surface area contributed by atoms with E-state index in [1.807, 2.05) is 22.8 Å². The normalized spacial score (nSPS) is 11.7. The molecule has 0 atom stereocenters. The van der Waals surface area contributed by atoms with Gasteiger partial charge in [-0.1, -0.05) is 0 Å². The second-order valence-corrected chi connectivity index (χ2v) is 21.5. The van der Waals surface area contributed by atoms with Crippen molar-refractivity contribution in [1.29, 1.82) is 0 Å². The van der Waals surface area contributed by atoms with E-state index < -0.39 is 18.4 Å². The molecule has 0 fully saturated rings. The summed E-state index contributed by atoms with van der Waals surface area (Å²) >= 11 is 3.66. The number of benzene rings is 1. The number of aromatic nitrogens is 2. The molecule has 0 radical (unpaired) electrons. The molecule has 4 nitrogen and oxygen atoms in total. The van der Waals surface area contributed by atoms with E-state index in [0.717, 1.165) is 11.8 Å². The van der Waals surface area contributed by atoms with Crippen LogP contribution in [0.1, 0.15) is 75.3 Å². The molecule has 0 spiro atoms. The molecule has 0 saturated carbocycles. The van der Waals surface area contributed by atoms with Gasteiger partial charge in [-0.05, 0) is 0 Å². The molecular formula is C24H37ClN2O2Sn. The van der Waals surface area contributed by atoms with Crippen molar-refractivity contribution in [3.8, 4) is 0 Å². The first-order valence-electron chi connectivity index (χ1n) is 11.4. The predicted molar refractivity (Wildman–Crippen MR) is 128 cm³/mol. The Morgan fingerprint density at radius 3 is 2.07 bits per heavy atom. The Balaban J connectivity index is 2.39. The molecule has 0 N–H and O–H groups in total. The Labute approximate surface area is 191 Å². The maximum atomic E-state index is 12.0. The third-order valence-electron chi connectivity index (χ3n) is 5.92. The number of carbonyl (C=O) groups excluding carboxylic acids is 1. The molecule has 0 aliphatic carbocycles. The second-order valence-electron chi connectivity index (χ2n) is 8.21. The summed E-state index contributed by atoms with van der Waals surface area (Å²) in [7, 11) is 0. The topological polar surface area (TPSA) is 44.1 Å². The van der Waals surface area contributed by atoms with Crippen molar-refractivity contribution in [2.24, 2.45) is 0 Å². The number of rotatable bonds is 15. The van der Waals surface area contributed by atoms with Crippen molar-refractivity contribution in [2.75, 3.05) is 0 Å². The number of unbranched alkanes of at least 4 members (excludes halogenated alkanes) is 3.